The lowest BCUT2D eigenvalue weighted by Crippen LogP contribution is -2.14. The highest BCUT2D eigenvalue weighted by Crippen LogP contribution is 2.39. The minimum atomic E-state index is -0.119. The summed E-state index contributed by atoms with van der Waals surface area (Å²) in [4.78, 5) is 4.06. The third kappa shape index (κ3) is 5.70. The van der Waals surface area contributed by atoms with Crippen LogP contribution in [0.5, 0.6) is 0 Å². The molecule has 0 aliphatic heterocycles. The number of pyridine rings is 1. The molecule has 1 aliphatic carbocycles. The summed E-state index contributed by atoms with van der Waals surface area (Å²) in [6.07, 6.45) is 14.4. The van der Waals surface area contributed by atoms with Gasteiger partial charge in [-0.3, -0.25) is 0 Å². The van der Waals surface area contributed by atoms with Gasteiger partial charge in [0.25, 0.3) is 0 Å². The Morgan fingerprint density at radius 2 is 1.71 bits per heavy atom. The summed E-state index contributed by atoms with van der Waals surface area (Å²) in [5.41, 5.74) is 2.43. The van der Waals surface area contributed by atoms with Gasteiger partial charge in [-0.15, -0.1) is 0 Å². The maximum absolute atomic E-state index is 14.8. The van der Waals surface area contributed by atoms with Gasteiger partial charge in [-0.05, 0) is 60.8 Å². The first-order valence-corrected chi connectivity index (χ1v) is 11.4. The van der Waals surface area contributed by atoms with Crippen molar-refractivity contribution in [1.29, 1.82) is 0 Å². The van der Waals surface area contributed by atoms with E-state index >= 15 is 0 Å². The molecule has 1 aromatic carbocycles. The van der Waals surface area contributed by atoms with Gasteiger partial charge in [0.2, 0.25) is 0 Å². The van der Waals surface area contributed by atoms with Gasteiger partial charge in [-0.2, -0.15) is 0 Å². The first kappa shape index (κ1) is 21.6. The van der Waals surface area contributed by atoms with Crippen LogP contribution in [0.1, 0.15) is 82.6 Å². The number of hydrogen-bond donors (Lipinski definition) is 0. The van der Waals surface area contributed by atoms with Crippen molar-refractivity contribution in [3.63, 3.8) is 0 Å². The Bertz CT molecular complexity index is 769. The van der Waals surface area contributed by atoms with Crippen molar-refractivity contribution in [3.8, 4) is 11.1 Å². The molecule has 2 aromatic rings. The van der Waals surface area contributed by atoms with Crippen molar-refractivity contribution in [1.82, 2.24) is 4.98 Å². The molecular weight excluding hydrogens is 392 g/mol. The van der Waals surface area contributed by atoms with Crippen molar-refractivity contribution >= 4 is 23.2 Å². The van der Waals surface area contributed by atoms with E-state index in [1.165, 1.54) is 51.4 Å². The van der Waals surface area contributed by atoms with Crippen LogP contribution in [0.2, 0.25) is 10.2 Å². The van der Waals surface area contributed by atoms with Crippen LogP contribution in [0.15, 0.2) is 30.5 Å². The van der Waals surface area contributed by atoms with Crippen LogP contribution in [-0.2, 0) is 0 Å². The summed E-state index contributed by atoms with van der Waals surface area (Å²) in [6.45, 7) is 2.26. The highest BCUT2D eigenvalue weighted by Gasteiger charge is 2.24. The van der Waals surface area contributed by atoms with Gasteiger partial charge in [0, 0.05) is 11.8 Å². The zero-order valence-electron chi connectivity index (χ0n) is 16.7. The number of benzene rings is 1. The predicted octanol–water partition coefficient (Wildman–Crippen LogP) is 8.83. The minimum Gasteiger partial charge on any atom is -0.242 e. The average Bonchev–Trinajstić information content (AvgIpc) is 2.70. The molecule has 28 heavy (non-hydrogen) atoms. The molecule has 0 N–H and O–H groups in total. The van der Waals surface area contributed by atoms with Crippen molar-refractivity contribution in [3.05, 3.63) is 52.0 Å². The Balaban J connectivity index is 1.56. The van der Waals surface area contributed by atoms with Crippen molar-refractivity contribution in [2.75, 3.05) is 0 Å². The molecule has 0 bridgehead atoms. The van der Waals surface area contributed by atoms with E-state index in [1.54, 1.807) is 18.3 Å². The van der Waals surface area contributed by atoms with Gasteiger partial charge in [0.15, 0.2) is 0 Å². The van der Waals surface area contributed by atoms with E-state index < -0.39 is 0 Å². The molecule has 152 valence electrons. The fraction of sp³-hybridized carbons (Fsp3) is 0.542. The third-order valence-corrected chi connectivity index (χ3v) is 6.82. The second-order valence-electron chi connectivity index (χ2n) is 8.15. The van der Waals surface area contributed by atoms with Crippen LogP contribution in [0.3, 0.4) is 0 Å². The van der Waals surface area contributed by atoms with E-state index in [2.05, 4.69) is 11.9 Å². The van der Waals surface area contributed by atoms with Gasteiger partial charge < -0.3 is 0 Å². The van der Waals surface area contributed by atoms with Gasteiger partial charge in [-0.25, -0.2) is 9.37 Å². The number of aromatic nitrogens is 1. The van der Waals surface area contributed by atoms with Crippen LogP contribution in [0.4, 0.5) is 4.39 Å². The third-order valence-electron chi connectivity index (χ3n) is 6.13. The molecule has 1 aliphatic rings. The molecule has 0 radical (unpaired) electrons. The summed E-state index contributed by atoms with van der Waals surface area (Å²) in [5, 5.41) is 0.654. The lowest BCUT2D eigenvalue weighted by atomic mass is 9.76. The summed E-state index contributed by atoms with van der Waals surface area (Å²) in [7, 11) is 0. The Kier molecular flexibility index (Phi) is 8.17. The molecule has 0 saturated heterocycles. The van der Waals surface area contributed by atoms with Gasteiger partial charge in [0.1, 0.15) is 11.0 Å². The fourth-order valence-corrected chi connectivity index (χ4v) is 4.69. The number of unbranched alkanes of at least 4 members (excludes halogenated alkanes) is 4. The van der Waals surface area contributed by atoms with Crippen molar-refractivity contribution in [2.45, 2.75) is 77.0 Å². The van der Waals surface area contributed by atoms with Gasteiger partial charge in [0.05, 0.1) is 5.02 Å². The lowest BCUT2D eigenvalue weighted by Gasteiger charge is -2.29. The molecule has 1 nitrogen and oxygen atoms in total. The highest BCUT2D eigenvalue weighted by molar-refractivity contribution is 6.41. The van der Waals surface area contributed by atoms with E-state index in [-0.39, 0.29) is 11.0 Å². The molecule has 0 atom stereocenters. The van der Waals surface area contributed by atoms with Crippen LogP contribution in [0, 0.1) is 11.7 Å². The van der Waals surface area contributed by atoms with Crippen molar-refractivity contribution < 1.29 is 4.39 Å². The first-order valence-electron chi connectivity index (χ1n) is 10.7. The van der Waals surface area contributed by atoms with E-state index in [4.69, 9.17) is 23.2 Å². The molecule has 1 heterocycles. The molecule has 3 rings (SSSR count). The van der Waals surface area contributed by atoms with Gasteiger partial charge >= 0.3 is 0 Å². The largest absolute Gasteiger partial charge is 0.242 e. The zero-order chi connectivity index (χ0) is 19.9. The molecule has 1 fully saturated rings. The van der Waals surface area contributed by atoms with Crippen LogP contribution >= 0.6 is 23.2 Å². The first-order chi connectivity index (χ1) is 13.6. The number of halogens is 3. The maximum Gasteiger partial charge on any atom is 0.147 e. The number of hydrogen-bond acceptors (Lipinski definition) is 1. The van der Waals surface area contributed by atoms with E-state index in [0.29, 0.717) is 10.9 Å². The Morgan fingerprint density at radius 3 is 2.39 bits per heavy atom. The number of nitrogens with zero attached hydrogens (tertiary/aromatic N) is 1. The number of rotatable bonds is 8. The second kappa shape index (κ2) is 10.6. The quantitative estimate of drug-likeness (QED) is 0.306. The fourth-order valence-electron chi connectivity index (χ4n) is 4.42. The normalized spacial score (nSPS) is 19.7. The van der Waals surface area contributed by atoms with E-state index in [0.717, 1.165) is 35.4 Å². The van der Waals surface area contributed by atoms with E-state index in [9.17, 15) is 4.39 Å². The summed E-state index contributed by atoms with van der Waals surface area (Å²) >= 11 is 11.9. The van der Waals surface area contributed by atoms with Gasteiger partial charge in [-0.1, -0.05) is 80.8 Å². The topological polar surface area (TPSA) is 12.9 Å². The predicted molar refractivity (Wildman–Crippen MR) is 118 cm³/mol. The molecular formula is C24H30Cl2FN. The summed E-state index contributed by atoms with van der Waals surface area (Å²) in [5.74, 6) is 1.06. The summed E-state index contributed by atoms with van der Waals surface area (Å²) in [6, 6.07) is 7.26. The van der Waals surface area contributed by atoms with Crippen molar-refractivity contribution in [2.24, 2.45) is 5.92 Å². The monoisotopic (exact) mass is 421 g/mol. The molecule has 0 amide bonds. The maximum atomic E-state index is 14.8. The molecule has 1 saturated carbocycles. The standard InChI is InChI=1S/C24H30Cl2FN/c1-2-3-4-5-6-7-17-8-10-18(11-9-17)21-13-12-19(15-23(21)27)20-14-22(25)24(26)28-16-20/h12-18H,2-11H2,1H3/t17-,18-. The Labute approximate surface area is 178 Å². The minimum absolute atomic E-state index is 0.119. The second-order valence-corrected chi connectivity index (χ2v) is 8.92. The Hall–Kier alpha value is -1.12. The zero-order valence-corrected chi connectivity index (χ0v) is 18.2. The summed E-state index contributed by atoms with van der Waals surface area (Å²) < 4.78 is 14.8. The highest BCUT2D eigenvalue weighted by atomic mass is 35.5. The lowest BCUT2D eigenvalue weighted by molar-refractivity contribution is 0.298. The molecule has 0 unspecified atom stereocenters. The van der Waals surface area contributed by atoms with E-state index in [1.807, 2.05) is 12.1 Å². The smallest absolute Gasteiger partial charge is 0.147 e. The molecule has 1 aromatic heterocycles. The molecule has 0 spiro atoms. The van der Waals surface area contributed by atoms with Crippen LogP contribution < -0.4 is 0 Å². The Morgan fingerprint density at radius 1 is 0.964 bits per heavy atom. The average molecular weight is 422 g/mol. The van der Waals surface area contributed by atoms with Crippen LogP contribution in [0.25, 0.3) is 11.1 Å². The van der Waals surface area contributed by atoms with Crippen LogP contribution in [-0.4, -0.2) is 4.98 Å². The SMILES string of the molecule is CCCCCCC[C@H]1CC[C@H](c2ccc(-c3cnc(Cl)c(Cl)c3)cc2F)CC1. The molecule has 4 heteroatoms.